The molecule has 60 valence electrons. The van der Waals surface area contributed by atoms with Crippen LogP contribution in [-0.4, -0.2) is 13.5 Å². The molecule has 0 radical (unpaired) electrons. The Labute approximate surface area is 70.9 Å². The van der Waals surface area contributed by atoms with Crippen molar-refractivity contribution in [2.24, 2.45) is 4.99 Å². The summed E-state index contributed by atoms with van der Waals surface area (Å²) in [6, 6.07) is 9.12. The highest BCUT2D eigenvalue weighted by atomic mass is 16.5. The van der Waals surface area contributed by atoms with E-state index in [0.717, 1.165) is 0 Å². The number of methoxy groups -OCH3 is 1. The molecule has 0 bridgehead atoms. The quantitative estimate of drug-likeness (QED) is 0.489. The van der Waals surface area contributed by atoms with Gasteiger partial charge in [0.15, 0.2) is 6.40 Å². The van der Waals surface area contributed by atoms with Crippen molar-refractivity contribution in [1.82, 2.24) is 0 Å². The van der Waals surface area contributed by atoms with Gasteiger partial charge in [-0.05, 0) is 12.1 Å². The Balaban J connectivity index is 2.99. The molecule has 1 aromatic rings. The number of nitriles is 1. The van der Waals surface area contributed by atoms with Gasteiger partial charge >= 0.3 is 0 Å². The van der Waals surface area contributed by atoms with Crippen LogP contribution in [0.5, 0.6) is 0 Å². The van der Waals surface area contributed by atoms with Gasteiger partial charge in [0.1, 0.15) is 6.07 Å². The van der Waals surface area contributed by atoms with Crippen LogP contribution in [0.4, 0.5) is 5.69 Å². The number of hydrogen-bond donors (Lipinski definition) is 0. The molecular formula is C9H8N2O. The summed E-state index contributed by atoms with van der Waals surface area (Å²) in [4.78, 5) is 3.93. The summed E-state index contributed by atoms with van der Waals surface area (Å²) in [7, 11) is 1.51. The molecule has 0 spiro atoms. The van der Waals surface area contributed by atoms with Crippen molar-refractivity contribution in [2.75, 3.05) is 7.11 Å². The van der Waals surface area contributed by atoms with Crippen LogP contribution in [0.15, 0.2) is 29.3 Å². The van der Waals surface area contributed by atoms with Gasteiger partial charge in [0, 0.05) is 0 Å². The van der Waals surface area contributed by atoms with E-state index >= 15 is 0 Å². The van der Waals surface area contributed by atoms with Gasteiger partial charge < -0.3 is 4.74 Å². The van der Waals surface area contributed by atoms with Gasteiger partial charge in [0.2, 0.25) is 0 Å². The van der Waals surface area contributed by atoms with Crippen LogP contribution in [0.25, 0.3) is 0 Å². The Kier molecular flexibility index (Phi) is 2.86. The highest BCUT2D eigenvalue weighted by Crippen LogP contribution is 2.16. The van der Waals surface area contributed by atoms with Gasteiger partial charge in [0.05, 0.1) is 18.4 Å². The van der Waals surface area contributed by atoms with Crippen LogP contribution in [0, 0.1) is 11.3 Å². The number of ether oxygens (including phenoxy) is 1. The van der Waals surface area contributed by atoms with E-state index in [1.807, 2.05) is 12.1 Å². The monoisotopic (exact) mass is 160 g/mol. The van der Waals surface area contributed by atoms with E-state index in [2.05, 4.69) is 9.73 Å². The molecule has 1 aromatic carbocycles. The highest BCUT2D eigenvalue weighted by Gasteiger charge is 1.95. The molecule has 0 unspecified atom stereocenters. The lowest BCUT2D eigenvalue weighted by Crippen LogP contribution is -1.78. The fraction of sp³-hybridized carbons (Fsp3) is 0.111. The summed E-state index contributed by atoms with van der Waals surface area (Å²) < 4.78 is 4.64. The third kappa shape index (κ3) is 1.83. The average molecular weight is 160 g/mol. The number of hydrogen-bond acceptors (Lipinski definition) is 3. The SMILES string of the molecule is COC=Nc1ccccc1C#N. The van der Waals surface area contributed by atoms with Crippen molar-refractivity contribution in [3.8, 4) is 6.07 Å². The Bertz CT molecular complexity index is 326. The molecule has 0 saturated carbocycles. The molecule has 0 aliphatic rings. The Hall–Kier alpha value is -1.82. The van der Waals surface area contributed by atoms with E-state index in [-0.39, 0.29) is 0 Å². The van der Waals surface area contributed by atoms with E-state index in [0.29, 0.717) is 11.3 Å². The van der Waals surface area contributed by atoms with E-state index < -0.39 is 0 Å². The van der Waals surface area contributed by atoms with Crippen LogP contribution >= 0.6 is 0 Å². The zero-order valence-corrected chi connectivity index (χ0v) is 6.69. The standard InChI is InChI=1S/C9H8N2O/c1-12-7-11-9-5-3-2-4-8(9)6-10/h2-5,7H,1H3. The van der Waals surface area contributed by atoms with Crippen LogP contribution in [0.3, 0.4) is 0 Å². The first-order valence-electron chi connectivity index (χ1n) is 3.43. The average Bonchev–Trinajstić information content (AvgIpc) is 2.15. The minimum absolute atomic E-state index is 0.547. The highest BCUT2D eigenvalue weighted by molar-refractivity contribution is 5.61. The van der Waals surface area contributed by atoms with Crippen molar-refractivity contribution in [3.63, 3.8) is 0 Å². The minimum Gasteiger partial charge on any atom is -0.486 e. The number of benzene rings is 1. The van der Waals surface area contributed by atoms with E-state index in [4.69, 9.17) is 5.26 Å². The predicted molar refractivity (Wildman–Crippen MR) is 46.3 cm³/mol. The third-order valence-electron chi connectivity index (χ3n) is 1.32. The van der Waals surface area contributed by atoms with E-state index in [1.54, 1.807) is 18.2 Å². The zero-order valence-electron chi connectivity index (χ0n) is 6.69. The first-order valence-corrected chi connectivity index (χ1v) is 3.43. The maximum Gasteiger partial charge on any atom is 0.174 e. The summed E-state index contributed by atoms with van der Waals surface area (Å²) in [6.07, 6.45) is 1.30. The molecule has 0 amide bonds. The molecular weight excluding hydrogens is 152 g/mol. The molecule has 0 N–H and O–H groups in total. The van der Waals surface area contributed by atoms with Gasteiger partial charge in [-0.1, -0.05) is 12.1 Å². The lowest BCUT2D eigenvalue weighted by atomic mass is 10.2. The van der Waals surface area contributed by atoms with E-state index in [9.17, 15) is 0 Å². The second-order valence-corrected chi connectivity index (χ2v) is 2.10. The maximum atomic E-state index is 8.65. The normalized spacial score (nSPS) is 9.67. The smallest absolute Gasteiger partial charge is 0.174 e. The number of para-hydroxylation sites is 1. The zero-order chi connectivity index (χ0) is 8.81. The molecule has 0 aromatic heterocycles. The predicted octanol–water partition coefficient (Wildman–Crippen LogP) is 1.86. The fourth-order valence-corrected chi connectivity index (χ4v) is 0.790. The van der Waals surface area contributed by atoms with Crippen molar-refractivity contribution in [2.45, 2.75) is 0 Å². The molecule has 0 aliphatic heterocycles. The molecule has 3 nitrogen and oxygen atoms in total. The second kappa shape index (κ2) is 4.14. The van der Waals surface area contributed by atoms with Crippen LogP contribution in [0.2, 0.25) is 0 Å². The molecule has 12 heavy (non-hydrogen) atoms. The number of nitrogens with zero attached hydrogens (tertiary/aromatic N) is 2. The second-order valence-electron chi connectivity index (χ2n) is 2.10. The molecule has 1 rings (SSSR count). The number of aliphatic imine (C=N–C) groups is 1. The summed E-state index contributed by atoms with van der Waals surface area (Å²) in [5.41, 5.74) is 1.17. The van der Waals surface area contributed by atoms with E-state index in [1.165, 1.54) is 13.5 Å². The van der Waals surface area contributed by atoms with Gasteiger partial charge in [-0.25, -0.2) is 4.99 Å². The Morgan fingerprint density at radius 1 is 1.50 bits per heavy atom. The summed E-state index contributed by atoms with van der Waals surface area (Å²) in [5.74, 6) is 0. The van der Waals surface area contributed by atoms with Crippen molar-refractivity contribution >= 4 is 12.1 Å². The van der Waals surface area contributed by atoms with Gasteiger partial charge in [-0.2, -0.15) is 5.26 Å². The lowest BCUT2D eigenvalue weighted by Gasteiger charge is -1.94. The summed E-state index contributed by atoms with van der Waals surface area (Å²) >= 11 is 0. The number of rotatable bonds is 2. The lowest BCUT2D eigenvalue weighted by molar-refractivity contribution is 0.423. The van der Waals surface area contributed by atoms with Gasteiger partial charge in [-0.15, -0.1) is 0 Å². The van der Waals surface area contributed by atoms with Crippen LogP contribution in [0.1, 0.15) is 5.56 Å². The summed E-state index contributed by atoms with van der Waals surface area (Å²) in [5, 5.41) is 8.65. The first-order chi connectivity index (χ1) is 5.88. The first kappa shape index (κ1) is 8.28. The molecule has 0 heterocycles. The Morgan fingerprint density at radius 3 is 2.92 bits per heavy atom. The van der Waals surface area contributed by atoms with Crippen LogP contribution in [-0.2, 0) is 4.74 Å². The molecule has 0 saturated heterocycles. The van der Waals surface area contributed by atoms with Crippen LogP contribution < -0.4 is 0 Å². The van der Waals surface area contributed by atoms with Crippen molar-refractivity contribution in [1.29, 1.82) is 5.26 Å². The molecule has 3 heteroatoms. The minimum atomic E-state index is 0.547. The largest absolute Gasteiger partial charge is 0.486 e. The van der Waals surface area contributed by atoms with Gasteiger partial charge in [0.25, 0.3) is 0 Å². The maximum absolute atomic E-state index is 8.65. The fourth-order valence-electron chi connectivity index (χ4n) is 0.790. The van der Waals surface area contributed by atoms with Crippen molar-refractivity contribution in [3.05, 3.63) is 29.8 Å². The van der Waals surface area contributed by atoms with Gasteiger partial charge in [-0.3, -0.25) is 0 Å². The Morgan fingerprint density at radius 2 is 2.25 bits per heavy atom. The topological polar surface area (TPSA) is 45.4 Å². The summed E-state index contributed by atoms with van der Waals surface area (Å²) in [6.45, 7) is 0. The molecule has 0 fully saturated rings. The molecule has 0 aliphatic carbocycles. The third-order valence-corrected chi connectivity index (χ3v) is 1.32. The molecule has 0 atom stereocenters. The van der Waals surface area contributed by atoms with Crippen molar-refractivity contribution < 1.29 is 4.74 Å².